The van der Waals surface area contributed by atoms with E-state index in [2.05, 4.69) is 0 Å². The average molecular weight is 278 g/mol. The molecule has 0 spiro atoms. The van der Waals surface area contributed by atoms with Crippen molar-refractivity contribution in [2.75, 3.05) is 0 Å². The van der Waals surface area contributed by atoms with Crippen molar-refractivity contribution in [3.8, 4) is 34.5 Å². The summed E-state index contributed by atoms with van der Waals surface area (Å²) in [7, 11) is 0. The summed E-state index contributed by atoms with van der Waals surface area (Å²) in [5.74, 6) is -0.440. The Morgan fingerprint density at radius 1 is 0.700 bits per heavy atom. The molecule has 0 atom stereocenters. The molecular formula is C14H14O6. The maximum atomic E-state index is 9.34. The Kier molecular flexibility index (Phi) is 3.74. The normalized spacial score (nSPS) is 10.5. The predicted octanol–water partition coefficient (Wildman–Crippen LogP) is 2.31. The minimum atomic E-state index is -0.706. The van der Waals surface area contributed by atoms with Gasteiger partial charge in [-0.15, -0.1) is 0 Å². The van der Waals surface area contributed by atoms with E-state index < -0.39 is 6.29 Å². The van der Waals surface area contributed by atoms with Crippen LogP contribution in [0.4, 0.5) is 0 Å². The van der Waals surface area contributed by atoms with Gasteiger partial charge in [0.2, 0.25) is 6.29 Å². The van der Waals surface area contributed by atoms with E-state index in [-0.39, 0.29) is 23.0 Å². The van der Waals surface area contributed by atoms with E-state index in [0.29, 0.717) is 11.5 Å². The number of aromatic hydroxyl groups is 4. The fraction of sp³-hybridized carbons (Fsp3) is 0.143. The smallest absolute Gasteiger partial charge is 0.238 e. The Morgan fingerprint density at radius 3 is 1.45 bits per heavy atom. The van der Waals surface area contributed by atoms with Gasteiger partial charge in [0.05, 0.1) is 0 Å². The van der Waals surface area contributed by atoms with Gasteiger partial charge >= 0.3 is 0 Å². The Morgan fingerprint density at radius 2 is 1.10 bits per heavy atom. The molecule has 0 bridgehead atoms. The molecule has 0 radical (unpaired) electrons. The van der Waals surface area contributed by atoms with Gasteiger partial charge in [-0.05, 0) is 24.3 Å². The van der Waals surface area contributed by atoms with Gasteiger partial charge in [0.15, 0.2) is 23.0 Å². The van der Waals surface area contributed by atoms with Crippen LogP contribution in [0.3, 0.4) is 0 Å². The van der Waals surface area contributed by atoms with E-state index in [1.54, 1.807) is 6.92 Å². The van der Waals surface area contributed by atoms with Gasteiger partial charge in [-0.2, -0.15) is 0 Å². The van der Waals surface area contributed by atoms with Crippen LogP contribution in [0.2, 0.25) is 0 Å². The first kappa shape index (κ1) is 13.7. The quantitative estimate of drug-likeness (QED) is 0.506. The Balaban J connectivity index is 2.02. The highest BCUT2D eigenvalue weighted by Gasteiger charge is 2.09. The number of phenols is 4. The Labute approximate surface area is 115 Å². The van der Waals surface area contributed by atoms with Crippen LogP contribution in [0.25, 0.3) is 0 Å². The number of rotatable bonds is 4. The molecule has 20 heavy (non-hydrogen) atoms. The Bertz CT molecular complexity index is 557. The number of benzene rings is 2. The third kappa shape index (κ3) is 3.17. The Hall–Kier alpha value is -2.76. The average Bonchev–Trinajstić information content (AvgIpc) is 2.38. The van der Waals surface area contributed by atoms with E-state index >= 15 is 0 Å². The monoisotopic (exact) mass is 278 g/mol. The van der Waals surface area contributed by atoms with Gasteiger partial charge in [0.25, 0.3) is 0 Å². The van der Waals surface area contributed by atoms with Gasteiger partial charge in [0, 0.05) is 19.1 Å². The predicted molar refractivity (Wildman–Crippen MR) is 70.3 cm³/mol. The topological polar surface area (TPSA) is 99.4 Å². The largest absolute Gasteiger partial charge is 0.504 e. The molecular weight excluding hydrogens is 264 g/mol. The lowest BCUT2D eigenvalue weighted by molar-refractivity contribution is 0.0219. The van der Waals surface area contributed by atoms with Crippen molar-refractivity contribution < 1.29 is 29.9 Å². The van der Waals surface area contributed by atoms with Crippen molar-refractivity contribution in [1.82, 2.24) is 0 Å². The fourth-order valence-electron chi connectivity index (χ4n) is 1.56. The van der Waals surface area contributed by atoms with Gasteiger partial charge in [-0.1, -0.05) is 0 Å². The summed E-state index contributed by atoms with van der Waals surface area (Å²) >= 11 is 0. The summed E-state index contributed by atoms with van der Waals surface area (Å²) in [6.45, 7) is 1.62. The zero-order valence-corrected chi connectivity index (χ0v) is 10.6. The number of phenolic OH excluding ortho intramolecular Hbond substituents is 4. The molecule has 0 aliphatic carbocycles. The van der Waals surface area contributed by atoms with Gasteiger partial charge < -0.3 is 29.9 Å². The second kappa shape index (κ2) is 5.48. The van der Waals surface area contributed by atoms with Crippen LogP contribution in [-0.2, 0) is 0 Å². The summed E-state index contributed by atoms with van der Waals surface area (Å²) in [6.07, 6.45) is -0.706. The molecule has 0 heterocycles. The zero-order chi connectivity index (χ0) is 14.7. The minimum absolute atomic E-state index is 0.241. The van der Waals surface area contributed by atoms with E-state index in [0.717, 1.165) is 0 Å². The van der Waals surface area contributed by atoms with Crippen molar-refractivity contribution in [3.05, 3.63) is 36.4 Å². The molecule has 4 N–H and O–H groups in total. The van der Waals surface area contributed by atoms with Crippen LogP contribution in [0, 0.1) is 0 Å². The molecule has 2 aromatic rings. The van der Waals surface area contributed by atoms with E-state index in [4.69, 9.17) is 9.47 Å². The first-order valence-corrected chi connectivity index (χ1v) is 5.83. The maximum Gasteiger partial charge on any atom is 0.238 e. The maximum absolute atomic E-state index is 9.34. The molecule has 2 rings (SSSR count). The lowest BCUT2D eigenvalue weighted by Crippen LogP contribution is -2.19. The van der Waals surface area contributed by atoms with Crippen molar-refractivity contribution in [2.24, 2.45) is 0 Å². The van der Waals surface area contributed by atoms with Crippen molar-refractivity contribution in [2.45, 2.75) is 13.2 Å². The van der Waals surface area contributed by atoms with Crippen LogP contribution < -0.4 is 9.47 Å². The van der Waals surface area contributed by atoms with Gasteiger partial charge in [0.1, 0.15) is 11.5 Å². The number of ether oxygens (including phenoxy) is 2. The van der Waals surface area contributed by atoms with Crippen molar-refractivity contribution in [1.29, 1.82) is 0 Å². The summed E-state index contributed by atoms with van der Waals surface area (Å²) < 4.78 is 10.8. The molecule has 0 aliphatic heterocycles. The third-order valence-electron chi connectivity index (χ3n) is 2.50. The SMILES string of the molecule is CC(Oc1ccc(O)c(O)c1)Oc1ccc(O)c(O)c1. The lowest BCUT2D eigenvalue weighted by atomic mass is 10.3. The number of hydrogen-bond acceptors (Lipinski definition) is 6. The molecule has 0 amide bonds. The highest BCUT2D eigenvalue weighted by atomic mass is 16.7. The molecule has 0 saturated carbocycles. The molecule has 6 heteroatoms. The van der Waals surface area contributed by atoms with Crippen LogP contribution in [0.5, 0.6) is 34.5 Å². The second-order valence-electron chi connectivity index (χ2n) is 4.10. The molecule has 106 valence electrons. The molecule has 0 unspecified atom stereocenters. The highest BCUT2D eigenvalue weighted by molar-refractivity contribution is 5.44. The molecule has 0 aromatic heterocycles. The third-order valence-corrected chi connectivity index (χ3v) is 2.50. The van der Waals surface area contributed by atoms with E-state index in [1.807, 2.05) is 0 Å². The summed E-state index contributed by atoms with van der Waals surface area (Å²) in [5.41, 5.74) is 0. The van der Waals surface area contributed by atoms with Gasteiger partial charge in [-0.3, -0.25) is 0 Å². The lowest BCUT2D eigenvalue weighted by Gasteiger charge is -2.17. The molecule has 0 fully saturated rings. The second-order valence-corrected chi connectivity index (χ2v) is 4.10. The van der Waals surface area contributed by atoms with Crippen molar-refractivity contribution >= 4 is 0 Å². The minimum Gasteiger partial charge on any atom is -0.504 e. The van der Waals surface area contributed by atoms with E-state index in [9.17, 15) is 20.4 Å². The standard InChI is InChI=1S/C14H14O6/c1-8(19-9-2-4-11(15)13(17)6-9)20-10-3-5-12(16)14(18)7-10/h2-8,15-18H,1H3. The van der Waals surface area contributed by atoms with Crippen molar-refractivity contribution in [3.63, 3.8) is 0 Å². The molecule has 0 aliphatic rings. The summed E-state index contributed by atoms with van der Waals surface area (Å²) in [5, 5.41) is 37.0. The summed E-state index contributed by atoms with van der Waals surface area (Å²) in [6, 6.07) is 8.05. The summed E-state index contributed by atoms with van der Waals surface area (Å²) in [4.78, 5) is 0. The molecule has 2 aromatic carbocycles. The van der Waals surface area contributed by atoms with E-state index in [1.165, 1.54) is 36.4 Å². The first-order valence-electron chi connectivity index (χ1n) is 5.83. The molecule has 6 nitrogen and oxygen atoms in total. The fourth-order valence-corrected chi connectivity index (χ4v) is 1.56. The number of hydrogen-bond donors (Lipinski definition) is 4. The van der Waals surface area contributed by atoms with Gasteiger partial charge in [-0.25, -0.2) is 0 Å². The zero-order valence-electron chi connectivity index (χ0n) is 10.6. The van der Waals surface area contributed by atoms with Crippen LogP contribution >= 0.6 is 0 Å². The van der Waals surface area contributed by atoms with Crippen LogP contribution in [0.15, 0.2) is 36.4 Å². The highest BCUT2D eigenvalue weighted by Crippen LogP contribution is 2.31. The first-order chi connectivity index (χ1) is 9.45. The van der Waals surface area contributed by atoms with Crippen LogP contribution in [0.1, 0.15) is 6.92 Å². The van der Waals surface area contributed by atoms with Crippen LogP contribution in [-0.4, -0.2) is 26.7 Å². The molecule has 0 saturated heterocycles.